The van der Waals surface area contributed by atoms with Gasteiger partial charge in [0.2, 0.25) is 5.91 Å². The van der Waals surface area contributed by atoms with E-state index in [1.807, 2.05) is 50.2 Å². The van der Waals surface area contributed by atoms with Gasteiger partial charge in [-0.3, -0.25) is 14.7 Å². The van der Waals surface area contributed by atoms with Crippen LogP contribution in [0.2, 0.25) is 5.02 Å². The Bertz CT molecular complexity index is 1530. The molecule has 3 amide bonds. The van der Waals surface area contributed by atoms with E-state index in [1.54, 1.807) is 42.3 Å². The molecule has 5 rings (SSSR count). The van der Waals surface area contributed by atoms with Crippen LogP contribution in [0.25, 0.3) is 0 Å². The Morgan fingerprint density at radius 1 is 1.12 bits per heavy atom. The number of hydrogen-bond acceptors (Lipinski definition) is 6. The molecule has 2 aliphatic rings. The number of carbonyl (C=O) groups is 2. The number of hydrogen-bond donors (Lipinski definition) is 1. The van der Waals surface area contributed by atoms with Gasteiger partial charge in [0.05, 0.1) is 36.5 Å². The van der Waals surface area contributed by atoms with Gasteiger partial charge in [-0.05, 0) is 67.4 Å². The zero-order chi connectivity index (χ0) is 29.1. The van der Waals surface area contributed by atoms with Crippen molar-refractivity contribution in [1.82, 2.24) is 15.1 Å². The van der Waals surface area contributed by atoms with Gasteiger partial charge in [-0.1, -0.05) is 35.9 Å². The molecule has 10 heteroatoms. The van der Waals surface area contributed by atoms with Crippen LogP contribution >= 0.6 is 11.6 Å². The lowest BCUT2D eigenvalue weighted by molar-refractivity contribution is -0.123. The number of piperazine rings is 1. The number of benzene rings is 3. The van der Waals surface area contributed by atoms with E-state index in [0.717, 1.165) is 11.1 Å². The van der Waals surface area contributed by atoms with Crippen molar-refractivity contribution >= 4 is 29.4 Å². The summed E-state index contributed by atoms with van der Waals surface area (Å²) in [5.74, 6) is 1.26. The number of carbonyl (C=O) groups excluding carboxylic acids is 2. The summed E-state index contributed by atoms with van der Waals surface area (Å²) in [5.41, 5.74) is 2.65. The van der Waals surface area contributed by atoms with Crippen LogP contribution in [0.4, 0.5) is 4.79 Å². The maximum absolute atomic E-state index is 14.4. The molecular formula is C31H30ClN5O4. The second-order valence-electron chi connectivity index (χ2n) is 10.1. The number of nitrogens with one attached hydrogen (secondary N) is 1. The van der Waals surface area contributed by atoms with E-state index in [2.05, 4.69) is 11.4 Å². The largest absolute Gasteiger partial charge is 0.497 e. The molecule has 0 bridgehead atoms. The summed E-state index contributed by atoms with van der Waals surface area (Å²) in [5, 5.41) is 12.9. The maximum Gasteiger partial charge on any atom is 0.326 e. The number of methoxy groups -OCH3 is 1. The average Bonchev–Trinajstić information content (AvgIpc) is 3.37. The highest BCUT2D eigenvalue weighted by atomic mass is 35.5. The lowest BCUT2D eigenvalue weighted by Crippen LogP contribution is -2.55. The first-order valence-electron chi connectivity index (χ1n) is 13.3. The van der Waals surface area contributed by atoms with Gasteiger partial charge in [0.1, 0.15) is 29.9 Å². The molecule has 2 heterocycles. The van der Waals surface area contributed by atoms with Crippen LogP contribution < -0.4 is 14.8 Å². The highest BCUT2D eigenvalue weighted by Crippen LogP contribution is 2.46. The minimum Gasteiger partial charge on any atom is -0.497 e. The molecular weight excluding hydrogens is 542 g/mol. The standard InChI is InChI=1S/C31H30ClN5O4/c1-19(2)41-26-15-20(17-33)7-12-25(26)30-35-28(22-5-4-6-24(16-22)40-3)29(21-8-10-23(32)11-9-21)37(30)31(39)36-14-13-34-27(38)18-36/h4-12,15-16,19,28-29H,13-14,18H2,1-3H3,(H,34,38). The number of nitrogens with zero attached hydrogens (tertiary/aromatic N) is 4. The molecule has 1 saturated heterocycles. The predicted molar refractivity (Wildman–Crippen MR) is 155 cm³/mol. The molecule has 210 valence electrons. The van der Waals surface area contributed by atoms with Gasteiger partial charge < -0.3 is 19.7 Å². The first-order chi connectivity index (χ1) is 19.8. The van der Waals surface area contributed by atoms with Crippen molar-refractivity contribution in [2.75, 3.05) is 26.7 Å². The van der Waals surface area contributed by atoms with Crippen molar-refractivity contribution in [2.45, 2.75) is 32.0 Å². The topological polar surface area (TPSA) is 107 Å². The summed E-state index contributed by atoms with van der Waals surface area (Å²) in [6.07, 6.45) is -0.194. The lowest BCUT2D eigenvalue weighted by atomic mass is 9.93. The third-order valence-corrected chi connectivity index (χ3v) is 7.19. The maximum atomic E-state index is 14.4. The monoisotopic (exact) mass is 571 g/mol. The quantitative estimate of drug-likeness (QED) is 0.443. The Balaban J connectivity index is 1.73. The third-order valence-electron chi connectivity index (χ3n) is 6.94. The third kappa shape index (κ3) is 5.83. The predicted octanol–water partition coefficient (Wildman–Crippen LogP) is 5.10. The van der Waals surface area contributed by atoms with Crippen LogP contribution in [0.3, 0.4) is 0 Å². The zero-order valence-corrected chi connectivity index (χ0v) is 23.8. The number of halogens is 1. The highest BCUT2D eigenvalue weighted by molar-refractivity contribution is 6.30. The number of aliphatic imine (C=N–C) groups is 1. The molecule has 2 aliphatic heterocycles. The molecule has 0 aromatic heterocycles. The summed E-state index contributed by atoms with van der Waals surface area (Å²) < 4.78 is 11.6. The minimum absolute atomic E-state index is 0.0670. The van der Waals surface area contributed by atoms with Crippen LogP contribution in [0.5, 0.6) is 11.5 Å². The van der Waals surface area contributed by atoms with Crippen LogP contribution in [-0.4, -0.2) is 60.4 Å². The Labute approximate surface area is 243 Å². The van der Waals surface area contributed by atoms with Gasteiger partial charge in [-0.25, -0.2) is 4.79 Å². The normalized spacial score (nSPS) is 18.5. The van der Waals surface area contributed by atoms with E-state index in [0.29, 0.717) is 46.6 Å². The van der Waals surface area contributed by atoms with Crippen molar-refractivity contribution in [1.29, 1.82) is 5.26 Å². The van der Waals surface area contributed by atoms with Gasteiger partial charge in [-0.2, -0.15) is 5.26 Å². The van der Waals surface area contributed by atoms with Crippen LogP contribution in [-0.2, 0) is 4.79 Å². The van der Waals surface area contributed by atoms with Crippen molar-refractivity contribution in [3.05, 3.63) is 94.0 Å². The van der Waals surface area contributed by atoms with E-state index >= 15 is 0 Å². The van der Waals surface area contributed by atoms with Crippen LogP contribution in [0, 0.1) is 11.3 Å². The summed E-state index contributed by atoms with van der Waals surface area (Å²) in [4.78, 5) is 35.0. The molecule has 41 heavy (non-hydrogen) atoms. The van der Waals surface area contributed by atoms with Gasteiger partial charge >= 0.3 is 6.03 Å². The number of urea groups is 1. The molecule has 0 saturated carbocycles. The summed E-state index contributed by atoms with van der Waals surface area (Å²) in [6, 6.07) is 20.7. The van der Waals surface area contributed by atoms with Gasteiger partial charge in [0, 0.05) is 18.1 Å². The van der Waals surface area contributed by atoms with Crippen LogP contribution in [0.15, 0.2) is 71.7 Å². The molecule has 9 nitrogen and oxygen atoms in total. The fraction of sp³-hybridized carbons (Fsp3) is 0.290. The molecule has 2 unspecified atom stereocenters. The first-order valence-corrected chi connectivity index (χ1v) is 13.7. The van der Waals surface area contributed by atoms with E-state index in [-0.39, 0.29) is 24.6 Å². The molecule has 1 N–H and O–H groups in total. The van der Waals surface area contributed by atoms with E-state index in [9.17, 15) is 14.9 Å². The van der Waals surface area contributed by atoms with Gasteiger partial charge in [0.25, 0.3) is 0 Å². The van der Waals surface area contributed by atoms with Gasteiger partial charge in [-0.15, -0.1) is 0 Å². The van der Waals surface area contributed by atoms with E-state index in [1.165, 1.54) is 4.90 Å². The van der Waals surface area contributed by atoms with E-state index in [4.69, 9.17) is 26.1 Å². The average molecular weight is 572 g/mol. The van der Waals surface area contributed by atoms with E-state index < -0.39 is 12.1 Å². The Morgan fingerprint density at radius 2 is 1.90 bits per heavy atom. The smallest absolute Gasteiger partial charge is 0.326 e. The number of ether oxygens (including phenoxy) is 2. The van der Waals surface area contributed by atoms with Crippen molar-refractivity contribution < 1.29 is 19.1 Å². The van der Waals surface area contributed by atoms with Crippen molar-refractivity contribution in [2.24, 2.45) is 4.99 Å². The summed E-state index contributed by atoms with van der Waals surface area (Å²) in [7, 11) is 1.60. The van der Waals surface area contributed by atoms with Crippen molar-refractivity contribution in [3.63, 3.8) is 0 Å². The number of nitriles is 1. The highest BCUT2D eigenvalue weighted by Gasteiger charge is 2.45. The molecule has 0 spiro atoms. The molecule has 1 fully saturated rings. The second-order valence-corrected chi connectivity index (χ2v) is 10.5. The first kappa shape index (κ1) is 28.0. The summed E-state index contributed by atoms with van der Waals surface area (Å²) in [6.45, 7) is 4.43. The number of amides is 3. The number of rotatable bonds is 6. The molecule has 3 aromatic carbocycles. The molecule has 0 aliphatic carbocycles. The Hall–Kier alpha value is -4.55. The zero-order valence-electron chi connectivity index (χ0n) is 23.0. The minimum atomic E-state index is -0.575. The SMILES string of the molecule is COc1cccc(C2N=C(c3ccc(C#N)cc3OC(C)C)N(C(=O)N3CCNC(=O)C3)C2c2ccc(Cl)cc2)c1. The summed E-state index contributed by atoms with van der Waals surface area (Å²) >= 11 is 6.25. The van der Waals surface area contributed by atoms with Crippen LogP contribution in [0.1, 0.15) is 48.2 Å². The lowest BCUT2D eigenvalue weighted by Gasteiger charge is -2.36. The second kappa shape index (κ2) is 11.9. The van der Waals surface area contributed by atoms with Crippen molar-refractivity contribution in [3.8, 4) is 17.6 Å². The van der Waals surface area contributed by atoms with Gasteiger partial charge in [0.15, 0.2) is 0 Å². The molecule has 0 radical (unpaired) electrons. The fourth-order valence-corrected chi connectivity index (χ4v) is 5.23. The fourth-order valence-electron chi connectivity index (χ4n) is 5.10. The Kier molecular flexibility index (Phi) is 8.13. The molecule has 3 aromatic rings. The Morgan fingerprint density at radius 3 is 2.59 bits per heavy atom. The number of amidine groups is 1. The molecule has 2 atom stereocenters.